The lowest BCUT2D eigenvalue weighted by atomic mass is 10.1. The second-order valence-electron chi connectivity index (χ2n) is 5.75. The Bertz CT molecular complexity index is 738. The molecule has 0 unspecified atom stereocenters. The van der Waals surface area contributed by atoms with Crippen molar-refractivity contribution in [2.24, 2.45) is 0 Å². The predicted octanol–water partition coefficient (Wildman–Crippen LogP) is 2.98. The first kappa shape index (κ1) is 15.2. The van der Waals surface area contributed by atoms with Crippen LogP contribution in [-0.2, 0) is 22.0 Å². The van der Waals surface area contributed by atoms with Crippen LogP contribution in [0.2, 0.25) is 0 Å². The first-order chi connectivity index (χ1) is 10.5. The molecular weight excluding hydrogens is 301 g/mol. The molecule has 0 heterocycles. The van der Waals surface area contributed by atoms with E-state index < -0.39 is 15.6 Å². The number of nitrogens with one attached hydrogen (secondary N) is 1. The molecule has 1 aliphatic rings. The summed E-state index contributed by atoms with van der Waals surface area (Å²) in [7, 11) is -3.38. The van der Waals surface area contributed by atoms with Gasteiger partial charge >= 0.3 is 0 Å². The van der Waals surface area contributed by atoms with Crippen molar-refractivity contribution in [2.75, 3.05) is 5.75 Å². The van der Waals surface area contributed by atoms with Gasteiger partial charge in [0.2, 0.25) is 10.0 Å². The Hall–Kier alpha value is -1.72. The van der Waals surface area contributed by atoms with Gasteiger partial charge in [0.05, 0.1) is 11.3 Å². The van der Waals surface area contributed by atoms with E-state index in [0.29, 0.717) is 6.42 Å². The Morgan fingerprint density at radius 1 is 1.00 bits per heavy atom. The second kappa shape index (κ2) is 5.82. The predicted molar refractivity (Wildman–Crippen MR) is 84.4 cm³/mol. The van der Waals surface area contributed by atoms with E-state index in [9.17, 15) is 12.8 Å². The summed E-state index contributed by atoms with van der Waals surface area (Å²) in [6.45, 7) is 0. The highest BCUT2D eigenvalue weighted by Gasteiger charge is 2.47. The Morgan fingerprint density at radius 2 is 1.64 bits per heavy atom. The van der Waals surface area contributed by atoms with E-state index in [-0.39, 0.29) is 11.6 Å². The summed E-state index contributed by atoms with van der Waals surface area (Å²) in [4.78, 5) is 0. The fourth-order valence-corrected chi connectivity index (χ4v) is 4.11. The maximum atomic E-state index is 13.0. The van der Waals surface area contributed by atoms with Crippen molar-refractivity contribution in [1.82, 2.24) is 4.72 Å². The van der Waals surface area contributed by atoms with Crippen LogP contribution in [0, 0.1) is 5.82 Å². The van der Waals surface area contributed by atoms with Gasteiger partial charge in [-0.2, -0.15) is 0 Å². The zero-order valence-corrected chi connectivity index (χ0v) is 12.9. The summed E-state index contributed by atoms with van der Waals surface area (Å²) in [6, 6.07) is 15.6. The molecule has 2 aromatic rings. The number of halogens is 1. The largest absolute Gasteiger partial charge is 0.212 e. The smallest absolute Gasteiger partial charge is 0.212 e. The molecule has 1 saturated carbocycles. The van der Waals surface area contributed by atoms with E-state index in [0.717, 1.165) is 24.0 Å². The average molecular weight is 319 g/mol. The molecule has 3 rings (SSSR count). The molecule has 0 atom stereocenters. The molecule has 3 nitrogen and oxygen atoms in total. The number of hydrogen-bond donors (Lipinski definition) is 1. The van der Waals surface area contributed by atoms with Gasteiger partial charge in [0.25, 0.3) is 0 Å². The number of hydrogen-bond acceptors (Lipinski definition) is 2. The van der Waals surface area contributed by atoms with Gasteiger partial charge in [0.1, 0.15) is 5.82 Å². The fraction of sp³-hybridized carbons (Fsp3) is 0.294. The van der Waals surface area contributed by atoms with Crippen LogP contribution in [-0.4, -0.2) is 14.2 Å². The summed E-state index contributed by atoms with van der Waals surface area (Å²) in [5, 5.41) is 0. The van der Waals surface area contributed by atoms with E-state index in [4.69, 9.17) is 0 Å². The van der Waals surface area contributed by atoms with Crippen molar-refractivity contribution in [2.45, 2.75) is 24.8 Å². The highest BCUT2D eigenvalue weighted by Crippen LogP contribution is 2.46. The third-order valence-corrected chi connectivity index (χ3v) is 5.44. The van der Waals surface area contributed by atoms with Crippen LogP contribution in [0.25, 0.3) is 0 Å². The van der Waals surface area contributed by atoms with E-state index in [1.165, 1.54) is 12.1 Å². The van der Waals surface area contributed by atoms with Crippen LogP contribution < -0.4 is 4.72 Å². The number of rotatable bonds is 6. The third kappa shape index (κ3) is 3.54. The lowest BCUT2D eigenvalue weighted by Gasteiger charge is -2.18. The minimum atomic E-state index is -3.38. The van der Waals surface area contributed by atoms with Crippen molar-refractivity contribution in [3.8, 4) is 0 Å². The lowest BCUT2D eigenvalue weighted by molar-refractivity contribution is 0.550. The Morgan fingerprint density at radius 3 is 2.23 bits per heavy atom. The molecule has 0 saturated heterocycles. The van der Waals surface area contributed by atoms with Gasteiger partial charge in [-0.15, -0.1) is 0 Å². The molecule has 1 N–H and O–H groups in total. The van der Waals surface area contributed by atoms with Crippen molar-refractivity contribution < 1.29 is 12.8 Å². The Balaban J connectivity index is 1.67. The van der Waals surface area contributed by atoms with E-state index >= 15 is 0 Å². The maximum Gasteiger partial charge on any atom is 0.212 e. The van der Waals surface area contributed by atoms with Crippen molar-refractivity contribution in [1.29, 1.82) is 0 Å². The molecule has 116 valence electrons. The number of benzene rings is 2. The molecule has 5 heteroatoms. The standard InChI is InChI=1S/C17H18FNO2S/c18-16-8-6-15(7-9-16)17(11-12-17)19-22(20,21)13-10-14-4-2-1-3-5-14/h1-9,19H,10-13H2. The zero-order chi connectivity index (χ0) is 15.6. The highest BCUT2D eigenvalue weighted by atomic mass is 32.2. The normalized spacial score (nSPS) is 16.4. The molecule has 1 aliphatic carbocycles. The van der Waals surface area contributed by atoms with E-state index in [1.807, 2.05) is 30.3 Å². The van der Waals surface area contributed by atoms with Gasteiger partial charge < -0.3 is 0 Å². The fourth-order valence-electron chi connectivity index (χ4n) is 2.59. The SMILES string of the molecule is O=S(=O)(CCc1ccccc1)NC1(c2ccc(F)cc2)CC1. The quantitative estimate of drug-likeness (QED) is 0.890. The third-order valence-electron chi connectivity index (χ3n) is 4.00. The number of aryl methyl sites for hydroxylation is 1. The van der Waals surface area contributed by atoms with Gasteiger partial charge in [-0.25, -0.2) is 17.5 Å². The van der Waals surface area contributed by atoms with Crippen LogP contribution in [0.15, 0.2) is 54.6 Å². The molecule has 0 aromatic heterocycles. The first-order valence-corrected chi connectivity index (χ1v) is 8.96. The molecule has 22 heavy (non-hydrogen) atoms. The first-order valence-electron chi connectivity index (χ1n) is 7.31. The van der Waals surface area contributed by atoms with Crippen LogP contribution in [0.1, 0.15) is 24.0 Å². The minimum Gasteiger partial charge on any atom is -0.212 e. The molecule has 0 bridgehead atoms. The van der Waals surface area contributed by atoms with Crippen LogP contribution in [0.5, 0.6) is 0 Å². The van der Waals surface area contributed by atoms with E-state index in [2.05, 4.69) is 4.72 Å². The highest BCUT2D eigenvalue weighted by molar-refractivity contribution is 7.89. The van der Waals surface area contributed by atoms with Crippen molar-refractivity contribution in [3.05, 3.63) is 71.5 Å². The molecule has 0 amide bonds. The number of sulfonamides is 1. The second-order valence-corrected chi connectivity index (χ2v) is 7.59. The van der Waals surface area contributed by atoms with Crippen LogP contribution >= 0.6 is 0 Å². The zero-order valence-electron chi connectivity index (χ0n) is 12.1. The molecule has 0 radical (unpaired) electrons. The molecular formula is C17H18FNO2S. The van der Waals surface area contributed by atoms with Crippen LogP contribution in [0.4, 0.5) is 4.39 Å². The Kier molecular flexibility index (Phi) is 4.02. The summed E-state index contributed by atoms with van der Waals surface area (Å²) < 4.78 is 40.4. The molecule has 0 aliphatic heterocycles. The van der Waals surface area contributed by atoms with Gasteiger partial charge in [-0.1, -0.05) is 42.5 Å². The Labute approximate surface area is 130 Å². The summed E-state index contributed by atoms with van der Waals surface area (Å²) >= 11 is 0. The summed E-state index contributed by atoms with van der Waals surface area (Å²) in [5.74, 6) is -0.258. The van der Waals surface area contributed by atoms with Gasteiger partial charge in [-0.3, -0.25) is 0 Å². The lowest BCUT2D eigenvalue weighted by Crippen LogP contribution is -2.36. The van der Waals surface area contributed by atoms with E-state index in [1.54, 1.807) is 12.1 Å². The molecule has 2 aromatic carbocycles. The van der Waals surface area contributed by atoms with Gasteiger partial charge in [0.15, 0.2) is 0 Å². The van der Waals surface area contributed by atoms with Gasteiger partial charge in [0, 0.05) is 0 Å². The molecule has 0 spiro atoms. The maximum absolute atomic E-state index is 13.0. The minimum absolute atomic E-state index is 0.0555. The van der Waals surface area contributed by atoms with Crippen LogP contribution in [0.3, 0.4) is 0 Å². The van der Waals surface area contributed by atoms with Crippen molar-refractivity contribution >= 4 is 10.0 Å². The summed E-state index contributed by atoms with van der Waals surface area (Å²) in [5.41, 5.74) is 1.29. The average Bonchev–Trinajstić information content (AvgIpc) is 3.27. The summed E-state index contributed by atoms with van der Waals surface area (Å²) in [6.07, 6.45) is 1.99. The van der Waals surface area contributed by atoms with Crippen molar-refractivity contribution in [3.63, 3.8) is 0 Å². The topological polar surface area (TPSA) is 46.2 Å². The monoisotopic (exact) mass is 319 g/mol. The van der Waals surface area contributed by atoms with Gasteiger partial charge in [-0.05, 0) is 42.5 Å². The molecule has 1 fully saturated rings.